The molecule has 0 radical (unpaired) electrons. The Hall–Kier alpha value is -1.93. The van der Waals surface area contributed by atoms with E-state index in [0.29, 0.717) is 0 Å². The molecule has 0 aliphatic carbocycles. The highest BCUT2D eigenvalue weighted by atomic mass is 79.9. The summed E-state index contributed by atoms with van der Waals surface area (Å²) in [5.41, 5.74) is 5.47. The quantitative estimate of drug-likeness (QED) is 0.608. The van der Waals surface area contributed by atoms with E-state index in [1.165, 1.54) is 5.56 Å². The van der Waals surface area contributed by atoms with E-state index in [1.54, 1.807) is 0 Å². The standard InChI is InChI=1S/C18H14BrN/c1-13-11-12-17(14-7-3-2-4-8-14)20-18(13)15-9-5-6-10-16(15)19/h2-12H,1H3. The van der Waals surface area contributed by atoms with Crippen molar-refractivity contribution in [3.63, 3.8) is 0 Å². The van der Waals surface area contributed by atoms with Crippen LogP contribution < -0.4 is 0 Å². The second kappa shape index (κ2) is 5.59. The molecule has 0 saturated carbocycles. The average Bonchev–Trinajstić information content (AvgIpc) is 2.49. The van der Waals surface area contributed by atoms with Gasteiger partial charge in [0, 0.05) is 15.6 Å². The smallest absolute Gasteiger partial charge is 0.0749 e. The molecule has 1 heterocycles. The van der Waals surface area contributed by atoms with E-state index in [9.17, 15) is 0 Å². The Balaban J connectivity index is 2.15. The van der Waals surface area contributed by atoms with Crippen LogP contribution in [0, 0.1) is 6.92 Å². The molecule has 98 valence electrons. The fraction of sp³-hybridized carbons (Fsp3) is 0.0556. The van der Waals surface area contributed by atoms with Gasteiger partial charge >= 0.3 is 0 Å². The predicted octanol–water partition coefficient (Wildman–Crippen LogP) is 5.49. The molecule has 2 aromatic carbocycles. The Labute approximate surface area is 127 Å². The van der Waals surface area contributed by atoms with Gasteiger partial charge in [0.2, 0.25) is 0 Å². The maximum absolute atomic E-state index is 4.84. The summed E-state index contributed by atoms with van der Waals surface area (Å²) in [6.07, 6.45) is 0. The maximum atomic E-state index is 4.84. The molecule has 0 amide bonds. The normalized spacial score (nSPS) is 10.5. The van der Waals surface area contributed by atoms with Crippen molar-refractivity contribution >= 4 is 15.9 Å². The summed E-state index contributed by atoms with van der Waals surface area (Å²) in [7, 11) is 0. The SMILES string of the molecule is Cc1ccc(-c2ccccc2)nc1-c1ccccc1Br. The van der Waals surface area contributed by atoms with Gasteiger partial charge in [0.1, 0.15) is 0 Å². The Kier molecular flexibility index (Phi) is 3.66. The maximum Gasteiger partial charge on any atom is 0.0749 e. The molecule has 0 bridgehead atoms. The zero-order valence-corrected chi connectivity index (χ0v) is 12.8. The van der Waals surface area contributed by atoms with Gasteiger partial charge in [-0.15, -0.1) is 0 Å². The molecule has 0 N–H and O–H groups in total. The molecule has 0 saturated heterocycles. The first kappa shape index (κ1) is 13.1. The van der Waals surface area contributed by atoms with E-state index in [2.05, 4.69) is 53.2 Å². The van der Waals surface area contributed by atoms with Crippen LogP contribution >= 0.6 is 15.9 Å². The zero-order valence-electron chi connectivity index (χ0n) is 11.2. The van der Waals surface area contributed by atoms with Gasteiger partial charge in [-0.25, -0.2) is 4.98 Å². The number of halogens is 1. The van der Waals surface area contributed by atoms with Crippen LogP contribution in [0.4, 0.5) is 0 Å². The lowest BCUT2D eigenvalue weighted by Gasteiger charge is -2.10. The van der Waals surface area contributed by atoms with Gasteiger partial charge in [-0.3, -0.25) is 0 Å². The molecule has 0 spiro atoms. The first-order valence-corrected chi connectivity index (χ1v) is 7.33. The first-order chi connectivity index (χ1) is 9.75. The van der Waals surface area contributed by atoms with Crippen molar-refractivity contribution in [1.82, 2.24) is 4.98 Å². The van der Waals surface area contributed by atoms with Crippen LogP contribution in [0.15, 0.2) is 71.2 Å². The van der Waals surface area contributed by atoms with Crippen molar-refractivity contribution in [2.45, 2.75) is 6.92 Å². The summed E-state index contributed by atoms with van der Waals surface area (Å²) in [6, 6.07) is 22.7. The van der Waals surface area contributed by atoms with Crippen molar-refractivity contribution in [2.75, 3.05) is 0 Å². The highest BCUT2D eigenvalue weighted by molar-refractivity contribution is 9.10. The molecule has 1 nitrogen and oxygen atoms in total. The molecule has 20 heavy (non-hydrogen) atoms. The van der Waals surface area contributed by atoms with Gasteiger partial charge in [0.15, 0.2) is 0 Å². The van der Waals surface area contributed by atoms with Gasteiger partial charge in [-0.2, -0.15) is 0 Å². The van der Waals surface area contributed by atoms with E-state index in [0.717, 1.165) is 27.0 Å². The van der Waals surface area contributed by atoms with E-state index in [4.69, 9.17) is 4.98 Å². The summed E-state index contributed by atoms with van der Waals surface area (Å²) in [5.74, 6) is 0. The van der Waals surface area contributed by atoms with Gasteiger partial charge in [-0.1, -0.05) is 70.5 Å². The number of aromatic nitrogens is 1. The van der Waals surface area contributed by atoms with Crippen LogP contribution in [0.2, 0.25) is 0 Å². The minimum absolute atomic E-state index is 1.00. The summed E-state index contributed by atoms with van der Waals surface area (Å²) in [6.45, 7) is 2.09. The van der Waals surface area contributed by atoms with Crippen LogP contribution in [0.25, 0.3) is 22.5 Å². The number of benzene rings is 2. The molecular weight excluding hydrogens is 310 g/mol. The zero-order chi connectivity index (χ0) is 13.9. The molecule has 0 aliphatic heterocycles. The van der Waals surface area contributed by atoms with E-state index < -0.39 is 0 Å². The fourth-order valence-electron chi connectivity index (χ4n) is 2.22. The number of rotatable bonds is 2. The largest absolute Gasteiger partial charge is 0.247 e. The number of hydrogen-bond donors (Lipinski definition) is 0. The van der Waals surface area contributed by atoms with Crippen LogP contribution in [0.5, 0.6) is 0 Å². The van der Waals surface area contributed by atoms with Crippen molar-refractivity contribution in [3.05, 3.63) is 76.8 Å². The summed E-state index contributed by atoms with van der Waals surface area (Å²) < 4.78 is 1.07. The van der Waals surface area contributed by atoms with Crippen LogP contribution in [-0.2, 0) is 0 Å². The topological polar surface area (TPSA) is 12.9 Å². The third-order valence-electron chi connectivity index (χ3n) is 3.30. The summed E-state index contributed by atoms with van der Waals surface area (Å²) in [4.78, 5) is 4.84. The number of nitrogens with zero attached hydrogens (tertiary/aromatic N) is 1. The average molecular weight is 324 g/mol. The Morgan fingerprint density at radius 2 is 1.50 bits per heavy atom. The van der Waals surface area contributed by atoms with E-state index in [1.807, 2.05) is 36.4 Å². The molecule has 0 unspecified atom stereocenters. The Morgan fingerprint density at radius 3 is 2.25 bits per heavy atom. The van der Waals surface area contributed by atoms with E-state index in [-0.39, 0.29) is 0 Å². The van der Waals surface area contributed by atoms with Crippen LogP contribution in [-0.4, -0.2) is 4.98 Å². The lowest BCUT2D eigenvalue weighted by Crippen LogP contribution is -1.92. The van der Waals surface area contributed by atoms with E-state index >= 15 is 0 Å². The van der Waals surface area contributed by atoms with Gasteiger partial charge in [0.05, 0.1) is 11.4 Å². The summed E-state index contributed by atoms with van der Waals surface area (Å²) in [5, 5.41) is 0. The highest BCUT2D eigenvalue weighted by Gasteiger charge is 2.09. The summed E-state index contributed by atoms with van der Waals surface area (Å²) >= 11 is 3.61. The molecule has 0 aliphatic rings. The second-order valence-corrected chi connectivity index (χ2v) is 5.56. The van der Waals surface area contributed by atoms with Crippen molar-refractivity contribution in [2.24, 2.45) is 0 Å². The number of hydrogen-bond acceptors (Lipinski definition) is 1. The van der Waals surface area contributed by atoms with Gasteiger partial charge in [-0.05, 0) is 24.6 Å². The molecular formula is C18H14BrN. The Morgan fingerprint density at radius 1 is 0.800 bits per heavy atom. The highest BCUT2D eigenvalue weighted by Crippen LogP contribution is 2.30. The molecule has 3 aromatic rings. The van der Waals surface area contributed by atoms with Gasteiger partial charge < -0.3 is 0 Å². The number of pyridine rings is 1. The molecule has 0 fully saturated rings. The van der Waals surface area contributed by atoms with Crippen molar-refractivity contribution < 1.29 is 0 Å². The van der Waals surface area contributed by atoms with Crippen LogP contribution in [0.3, 0.4) is 0 Å². The lowest BCUT2D eigenvalue weighted by molar-refractivity contribution is 1.27. The Bertz CT molecular complexity index is 735. The van der Waals surface area contributed by atoms with Gasteiger partial charge in [0.25, 0.3) is 0 Å². The fourth-order valence-corrected chi connectivity index (χ4v) is 2.70. The van der Waals surface area contributed by atoms with Crippen molar-refractivity contribution in [1.29, 1.82) is 0 Å². The first-order valence-electron chi connectivity index (χ1n) is 6.53. The minimum Gasteiger partial charge on any atom is -0.247 e. The molecule has 3 rings (SSSR count). The second-order valence-electron chi connectivity index (χ2n) is 4.71. The molecule has 0 atom stereocenters. The van der Waals surface area contributed by atoms with Crippen molar-refractivity contribution in [3.8, 4) is 22.5 Å². The van der Waals surface area contributed by atoms with Crippen LogP contribution in [0.1, 0.15) is 5.56 Å². The third kappa shape index (κ3) is 2.52. The molecule has 2 heteroatoms. The monoisotopic (exact) mass is 323 g/mol. The number of aryl methyl sites for hydroxylation is 1. The third-order valence-corrected chi connectivity index (χ3v) is 3.99. The molecule has 1 aromatic heterocycles. The predicted molar refractivity (Wildman–Crippen MR) is 87.5 cm³/mol. The lowest BCUT2D eigenvalue weighted by atomic mass is 10.0. The minimum atomic E-state index is 1.00.